The van der Waals surface area contributed by atoms with Crippen molar-refractivity contribution in [3.63, 3.8) is 0 Å². The molecule has 0 aromatic carbocycles. The van der Waals surface area contributed by atoms with Gasteiger partial charge in [0.15, 0.2) is 15.4 Å². The summed E-state index contributed by atoms with van der Waals surface area (Å²) >= 11 is 2.17. The summed E-state index contributed by atoms with van der Waals surface area (Å²) in [6, 6.07) is 0. The first-order chi connectivity index (χ1) is 20.5. The lowest BCUT2D eigenvalue weighted by Crippen LogP contribution is -2.37. The molecule has 2 saturated heterocycles. The van der Waals surface area contributed by atoms with Crippen LogP contribution in [0.1, 0.15) is 90.7 Å². The number of imide groups is 1. The quantitative estimate of drug-likeness (QED) is 0.247. The van der Waals surface area contributed by atoms with E-state index in [-0.39, 0.29) is 11.7 Å². The van der Waals surface area contributed by atoms with Crippen LogP contribution in [0.5, 0.6) is 0 Å². The van der Waals surface area contributed by atoms with E-state index in [2.05, 4.69) is 37.9 Å². The molecule has 0 atom stereocenters. The van der Waals surface area contributed by atoms with Gasteiger partial charge >= 0.3 is 12.2 Å². The fraction of sp³-hybridized carbons (Fsp3) is 0.667. The molecule has 0 unspecified atom stereocenters. The molecule has 13 nitrogen and oxygen atoms in total. The number of ketones is 1. The molecule has 3 amide bonds. The second-order valence-corrected chi connectivity index (χ2v) is 13.0. The number of hydrogen-bond acceptors (Lipinski definition) is 9. The third-order valence-corrected chi connectivity index (χ3v) is 6.64. The van der Waals surface area contributed by atoms with Crippen LogP contribution in [0.4, 0.5) is 9.59 Å². The van der Waals surface area contributed by atoms with Crippen molar-refractivity contribution in [3.8, 4) is 0 Å². The zero-order valence-electron chi connectivity index (χ0n) is 27.4. The highest BCUT2D eigenvalue weighted by atomic mass is 127. The maximum Gasteiger partial charge on any atom is 0.417 e. The molecule has 4 heterocycles. The van der Waals surface area contributed by atoms with Crippen LogP contribution in [-0.2, 0) is 33.1 Å². The molecule has 0 bridgehead atoms. The number of likely N-dealkylation sites (tertiary alicyclic amines) is 1. The van der Waals surface area contributed by atoms with Crippen molar-refractivity contribution in [1.82, 2.24) is 29.3 Å². The molecule has 2 aliphatic heterocycles. The van der Waals surface area contributed by atoms with E-state index in [4.69, 9.17) is 14.2 Å². The van der Waals surface area contributed by atoms with E-state index in [1.807, 2.05) is 17.8 Å². The van der Waals surface area contributed by atoms with Gasteiger partial charge in [-0.1, -0.05) is 0 Å². The normalized spacial score (nSPS) is 14.3. The molecule has 4 rings (SSSR count). The molecule has 44 heavy (non-hydrogen) atoms. The highest BCUT2D eigenvalue weighted by molar-refractivity contribution is 14.1. The summed E-state index contributed by atoms with van der Waals surface area (Å²) in [5.74, 6) is 0.282. The molecule has 2 fully saturated rings. The minimum absolute atomic E-state index is 0.0292. The molecule has 2 aromatic heterocycles. The van der Waals surface area contributed by atoms with Gasteiger partial charge in [0.1, 0.15) is 11.2 Å². The number of carbonyl (C=O) groups is 4. The van der Waals surface area contributed by atoms with Gasteiger partial charge in [-0.25, -0.2) is 24.5 Å². The number of ether oxygens (including phenoxy) is 3. The average molecular weight is 733 g/mol. The Morgan fingerprint density at radius 1 is 0.932 bits per heavy atom. The standard InChI is InChI=1S/C13H21N3O3.C9H15NO3.C4H5IN2.C4H8O/c1-13(2,3)19-12(18)15-7-5-6-10(17)11-14-8-9-16(11)4;1-9(2,3)13-8(12)10-6-4-5-7(10)11;1-7-3-2-6-4(7)5;1-2-4-5-3-1/h8-9H,5-7H2,1-4H3,(H,15,18);4-6H2,1-3H3;2-3H,1H3;1-4H2. The third kappa shape index (κ3) is 17.3. The van der Waals surface area contributed by atoms with Crippen molar-refractivity contribution >= 4 is 46.5 Å². The van der Waals surface area contributed by atoms with E-state index >= 15 is 0 Å². The summed E-state index contributed by atoms with van der Waals surface area (Å²) in [6.07, 6.45) is 10.7. The van der Waals surface area contributed by atoms with Gasteiger partial charge in [-0.2, -0.15) is 0 Å². The molecular formula is C30H49IN6O7. The number of alkyl carbamates (subject to hydrolysis) is 1. The topological polar surface area (TPSA) is 147 Å². The van der Waals surface area contributed by atoms with Crippen LogP contribution in [-0.4, -0.2) is 85.4 Å². The van der Waals surface area contributed by atoms with Crippen molar-refractivity contribution in [2.24, 2.45) is 14.1 Å². The lowest BCUT2D eigenvalue weighted by Gasteiger charge is -2.23. The molecule has 0 saturated carbocycles. The maximum absolute atomic E-state index is 11.8. The molecule has 2 aliphatic rings. The van der Waals surface area contributed by atoms with Gasteiger partial charge in [-0.3, -0.25) is 9.59 Å². The molecule has 0 spiro atoms. The van der Waals surface area contributed by atoms with Crippen LogP contribution in [0, 0.1) is 3.83 Å². The first-order valence-corrected chi connectivity index (χ1v) is 15.8. The number of Topliss-reactive ketones (excluding diaryl/α,β-unsaturated/α-hetero) is 1. The highest BCUT2D eigenvalue weighted by Crippen LogP contribution is 2.15. The lowest BCUT2D eigenvalue weighted by molar-refractivity contribution is -0.126. The average Bonchev–Trinajstić information content (AvgIpc) is 3.72. The first kappa shape index (κ1) is 39.0. The van der Waals surface area contributed by atoms with Gasteiger partial charge in [0.2, 0.25) is 5.91 Å². The maximum atomic E-state index is 11.8. The largest absolute Gasteiger partial charge is 0.444 e. The Labute approximate surface area is 274 Å². The van der Waals surface area contributed by atoms with E-state index in [0.29, 0.717) is 38.2 Å². The fourth-order valence-corrected chi connectivity index (χ4v) is 3.84. The predicted octanol–water partition coefficient (Wildman–Crippen LogP) is 5.27. The number of aryl methyl sites for hydroxylation is 2. The summed E-state index contributed by atoms with van der Waals surface area (Å²) in [4.78, 5) is 54.7. The van der Waals surface area contributed by atoms with Gasteiger partial charge in [0.05, 0.1) is 0 Å². The Bertz CT molecular complexity index is 1160. The Morgan fingerprint density at radius 2 is 1.52 bits per heavy atom. The van der Waals surface area contributed by atoms with Gasteiger partial charge in [0.25, 0.3) is 0 Å². The van der Waals surface area contributed by atoms with Crippen molar-refractivity contribution in [3.05, 3.63) is 34.4 Å². The zero-order valence-corrected chi connectivity index (χ0v) is 29.5. The van der Waals surface area contributed by atoms with E-state index in [0.717, 1.165) is 23.5 Å². The van der Waals surface area contributed by atoms with Gasteiger partial charge in [-0.15, -0.1) is 0 Å². The number of halogens is 1. The second-order valence-electron chi connectivity index (χ2n) is 12.1. The summed E-state index contributed by atoms with van der Waals surface area (Å²) in [5.41, 5.74) is -1.03. The van der Waals surface area contributed by atoms with Gasteiger partial charge in [0, 0.05) is 78.0 Å². The number of amides is 3. The van der Waals surface area contributed by atoms with Crippen LogP contribution in [0.3, 0.4) is 0 Å². The molecule has 0 radical (unpaired) electrons. The number of imidazole rings is 2. The zero-order chi connectivity index (χ0) is 33.3. The summed E-state index contributed by atoms with van der Waals surface area (Å²) in [5, 5.41) is 2.61. The summed E-state index contributed by atoms with van der Waals surface area (Å²) in [6.45, 7) is 13.7. The number of nitrogens with zero attached hydrogens (tertiary/aromatic N) is 5. The number of rotatable bonds is 5. The minimum atomic E-state index is -0.528. The third-order valence-electron chi connectivity index (χ3n) is 5.60. The summed E-state index contributed by atoms with van der Waals surface area (Å²) < 4.78 is 19.8. The Kier molecular flexibility index (Phi) is 17.2. The van der Waals surface area contributed by atoms with E-state index < -0.39 is 23.4 Å². The van der Waals surface area contributed by atoms with Crippen molar-refractivity contribution in [2.75, 3.05) is 26.3 Å². The Hall–Kier alpha value is -3.01. The fourth-order valence-electron chi connectivity index (χ4n) is 3.52. The number of nitrogens with one attached hydrogen (secondary N) is 1. The van der Waals surface area contributed by atoms with Crippen molar-refractivity contribution < 1.29 is 33.4 Å². The Balaban J connectivity index is 0.000000329. The molecular weight excluding hydrogens is 683 g/mol. The predicted molar refractivity (Wildman–Crippen MR) is 174 cm³/mol. The Morgan fingerprint density at radius 3 is 1.91 bits per heavy atom. The van der Waals surface area contributed by atoms with Crippen molar-refractivity contribution in [2.45, 2.75) is 91.3 Å². The van der Waals surface area contributed by atoms with Crippen LogP contribution >= 0.6 is 22.6 Å². The number of hydrogen-bond donors (Lipinski definition) is 1. The van der Waals surface area contributed by atoms with E-state index in [9.17, 15) is 19.2 Å². The van der Waals surface area contributed by atoms with E-state index in [1.54, 1.807) is 71.7 Å². The molecule has 1 N–H and O–H groups in total. The smallest absolute Gasteiger partial charge is 0.417 e. The van der Waals surface area contributed by atoms with E-state index in [1.165, 1.54) is 17.7 Å². The SMILES string of the molecule is C1CCOC1.CC(C)(C)OC(=O)N1CCCC1=O.Cn1ccnc1C(=O)CCCNC(=O)OC(C)(C)C.Cn1ccnc1I. The lowest BCUT2D eigenvalue weighted by atomic mass is 10.2. The molecule has 248 valence electrons. The first-order valence-electron chi connectivity index (χ1n) is 14.7. The number of carbonyl (C=O) groups excluding carboxylic acids is 4. The molecule has 0 aliphatic carbocycles. The second kappa shape index (κ2) is 19.4. The van der Waals surface area contributed by atoms with Crippen LogP contribution < -0.4 is 5.32 Å². The van der Waals surface area contributed by atoms with Gasteiger partial charge in [-0.05, 0) is 89.8 Å². The molecule has 2 aromatic rings. The molecule has 14 heteroatoms. The monoisotopic (exact) mass is 732 g/mol. The van der Waals surface area contributed by atoms with Crippen molar-refractivity contribution in [1.29, 1.82) is 0 Å². The van der Waals surface area contributed by atoms with Crippen LogP contribution in [0.25, 0.3) is 0 Å². The van der Waals surface area contributed by atoms with Crippen LogP contribution in [0.15, 0.2) is 24.8 Å². The van der Waals surface area contributed by atoms with Gasteiger partial charge < -0.3 is 28.7 Å². The summed E-state index contributed by atoms with van der Waals surface area (Å²) in [7, 11) is 3.74. The minimum Gasteiger partial charge on any atom is -0.444 e. The van der Waals surface area contributed by atoms with Crippen LogP contribution in [0.2, 0.25) is 0 Å². The number of aromatic nitrogens is 4. The highest BCUT2D eigenvalue weighted by Gasteiger charge is 2.30.